The van der Waals surface area contributed by atoms with Gasteiger partial charge in [-0.2, -0.15) is 0 Å². The van der Waals surface area contributed by atoms with E-state index in [0.717, 1.165) is 23.2 Å². The van der Waals surface area contributed by atoms with Crippen molar-refractivity contribution in [3.8, 4) is 11.3 Å². The SMILES string of the molecule is COC1C(C(=O)N(c2cc(C)cc(F)c2)[C@H]2CCCC[C@@H]2O)OC(CO)C(O)C1n1cc(-c2cc(F)c(F)c(F)c2)nn1. The van der Waals surface area contributed by atoms with Crippen LogP contribution in [0.3, 0.4) is 0 Å². The second-order valence-corrected chi connectivity index (χ2v) is 10.9. The Bertz CT molecular complexity index is 1430. The summed E-state index contributed by atoms with van der Waals surface area (Å²) in [6.07, 6.45) is -2.92. The standard InChI is InChI=1S/C29H32F4N4O6/c1-14-7-16(30)11-17(8-14)37(21-5-3-4-6-22(21)39)29(41)28-27(42-2)25(26(40)23(13-38)43-28)36-12-20(34-35-36)15-9-18(31)24(33)19(32)10-15/h7-12,21-23,25-28,38-40H,3-6,13H2,1-2H3/t21-,22-,23?,25?,26?,27?,28?/m0/s1. The van der Waals surface area contributed by atoms with Crippen molar-refractivity contribution < 1.29 is 47.1 Å². The van der Waals surface area contributed by atoms with Gasteiger partial charge in [0.15, 0.2) is 23.6 Å². The Kier molecular flexibility index (Phi) is 9.13. The molecule has 3 N–H and O–H groups in total. The number of ether oxygens (including phenoxy) is 2. The predicted molar refractivity (Wildman–Crippen MR) is 144 cm³/mol. The smallest absolute Gasteiger partial charge is 0.259 e. The van der Waals surface area contributed by atoms with Gasteiger partial charge in [0.25, 0.3) is 5.91 Å². The van der Waals surface area contributed by atoms with Crippen LogP contribution in [0.25, 0.3) is 11.3 Å². The second-order valence-electron chi connectivity index (χ2n) is 10.9. The average Bonchev–Trinajstić information content (AvgIpc) is 3.45. The van der Waals surface area contributed by atoms with Crippen LogP contribution in [0, 0.1) is 30.2 Å². The lowest BCUT2D eigenvalue weighted by molar-refractivity contribution is -0.211. The first-order valence-electron chi connectivity index (χ1n) is 13.9. The van der Waals surface area contributed by atoms with Crippen molar-refractivity contribution in [1.29, 1.82) is 0 Å². The van der Waals surface area contributed by atoms with Crippen molar-refractivity contribution in [3.63, 3.8) is 0 Å². The maximum absolute atomic E-state index is 14.6. The van der Waals surface area contributed by atoms with Gasteiger partial charge in [-0.3, -0.25) is 4.79 Å². The Balaban J connectivity index is 1.55. The molecule has 1 amide bonds. The molecule has 2 fully saturated rings. The number of carbonyl (C=O) groups excluding carboxylic acids is 1. The fourth-order valence-electron chi connectivity index (χ4n) is 5.99. The van der Waals surface area contributed by atoms with Crippen LogP contribution in [0.1, 0.15) is 37.3 Å². The lowest BCUT2D eigenvalue weighted by atomic mass is 9.88. The van der Waals surface area contributed by atoms with Crippen molar-refractivity contribution in [2.75, 3.05) is 18.6 Å². The summed E-state index contributed by atoms with van der Waals surface area (Å²) in [6.45, 7) is 0.954. The number of hydrogen-bond donors (Lipinski definition) is 3. The van der Waals surface area contributed by atoms with E-state index in [-0.39, 0.29) is 16.9 Å². The van der Waals surface area contributed by atoms with E-state index in [1.165, 1.54) is 30.3 Å². The molecule has 2 aliphatic rings. The third-order valence-corrected chi connectivity index (χ3v) is 8.05. The van der Waals surface area contributed by atoms with E-state index in [9.17, 15) is 37.7 Å². The second kappa shape index (κ2) is 12.7. The quantitative estimate of drug-likeness (QED) is 0.276. The number of carbonyl (C=O) groups is 1. The summed E-state index contributed by atoms with van der Waals surface area (Å²) in [5.74, 6) is -5.82. The van der Waals surface area contributed by atoms with Gasteiger partial charge in [-0.15, -0.1) is 5.10 Å². The van der Waals surface area contributed by atoms with Gasteiger partial charge in [0, 0.05) is 18.4 Å². The van der Waals surface area contributed by atoms with Crippen molar-refractivity contribution in [1.82, 2.24) is 15.0 Å². The molecule has 1 aromatic heterocycles. The van der Waals surface area contributed by atoms with Crippen LogP contribution < -0.4 is 4.90 Å². The number of aliphatic hydroxyl groups excluding tert-OH is 3. The summed E-state index contributed by atoms with van der Waals surface area (Å²) in [6, 6.07) is 3.62. The fourth-order valence-corrected chi connectivity index (χ4v) is 5.99. The molecule has 0 radical (unpaired) electrons. The Morgan fingerprint density at radius 2 is 1.79 bits per heavy atom. The maximum Gasteiger partial charge on any atom is 0.259 e. The van der Waals surface area contributed by atoms with Crippen molar-refractivity contribution in [3.05, 3.63) is 65.4 Å². The Morgan fingerprint density at radius 3 is 2.42 bits per heavy atom. The molecule has 5 rings (SSSR count). The van der Waals surface area contributed by atoms with Crippen LogP contribution in [0.5, 0.6) is 0 Å². The number of aromatic nitrogens is 3. The molecule has 1 aliphatic carbocycles. The predicted octanol–water partition coefficient (Wildman–Crippen LogP) is 2.82. The molecule has 0 bridgehead atoms. The molecule has 2 heterocycles. The van der Waals surface area contributed by atoms with Crippen LogP contribution >= 0.6 is 0 Å². The van der Waals surface area contributed by atoms with E-state index in [4.69, 9.17) is 9.47 Å². The number of aryl methyl sites for hydroxylation is 1. The van der Waals surface area contributed by atoms with Gasteiger partial charge >= 0.3 is 0 Å². The minimum Gasteiger partial charge on any atom is -0.394 e. The van der Waals surface area contributed by atoms with Crippen molar-refractivity contribution in [2.45, 2.75) is 75.2 Å². The molecule has 10 nitrogen and oxygen atoms in total. The van der Waals surface area contributed by atoms with E-state index in [1.54, 1.807) is 13.0 Å². The number of aliphatic hydroxyl groups is 3. The normalized spacial score (nSPS) is 27.7. The highest BCUT2D eigenvalue weighted by Crippen LogP contribution is 2.37. The summed E-state index contributed by atoms with van der Waals surface area (Å²) in [4.78, 5) is 15.7. The molecule has 5 unspecified atom stereocenters. The number of nitrogens with zero attached hydrogens (tertiary/aromatic N) is 4. The first-order chi connectivity index (χ1) is 20.5. The number of rotatable bonds is 7. The maximum atomic E-state index is 14.6. The first kappa shape index (κ1) is 31.0. The number of halogens is 4. The first-order valence-corrected chi connectivity index (χ1v) is 13.9. The minimum absolute atomic E-state index is 0.0723. The van der Waals surface area contributed by atoms with Gasteiger partial charge < -0.3 is 29.7 Å². The van der Waals surface area contributed by atoms with E-state index in [1.807, 2.05) is 0 Å². The molecular weight excluding hydrogens is 576 g/mol. The topological polar surface area (TPSA) is 130 Å². The zero-order valence-corrected chi connectivity index (χ0v) is 23.4. The monoisotopic (exact) mass is 608 g/mol. The zero-order chi connectivity index (χ0) is 31.0. The molecule has 1 aliphatic heterocycles. The van der Waals surface area contributed by atoms with Gasteiger partial charge in [-0.1, -0.05) is 18.1 Å². The fraction of sp³-hybridized carbons (Fsp3) is 0.483. The Labute approximate surface area is 244 Å². The van der Waals surface area contributed by atoms with E-state index in [2.05, 4.69) is 10.3 Å². The minimum atomic E-state index is -1.65. The van der Waals surface area contributed by atoms with Gasteiger partial charge in [0.1, 0.15) is 35.9 Å². The number of amides is 1. The molecule has 14 heteroatoms. The van der Waals surface area contributed by atoms with Gasteiger partial charge in [-0.25, -0.2) is 22.2 Å². The molecule has 0 spiro atoms. The van der Waals surface area contributed by atoms with Crippen LogP contribution in [-0.2, 0) is 14.3 Å². The molecule has 1 saturated heterocycles. The highest BCUT2D eigenvalue weighted by molar-refractivity contribution is 5.98. The number of benzene rings is 2. The van der Waals surface area contributed by atoms with E-state index < -0.39 is 78.4 Å². The molecular formula is C29H32F4N4O6. The molecule has 3 aromatic rings. The highest BCUT2D eigenvalue weighted by atomic mass is 19.2. The lowest BCUT2D eigenvalue weighted by Gasteiger charge is -2.46. The number of hydrogen-bond acceptors (Lipinski definition) is 8. The van der Waals surface area contributed by atoms with Crippen LogP contribution in [0.4, 0.5) is 23.2 Å². The lowest BCUT2D eigenvalue weighted by Crippen LogP contribution is -2.63. The summed E-state index contributed by atoms with van der Waals surface area (Å²) in [5.41, 5.74) is 0.523. The summed E-state index contributed by atoms with van der Waals surface area (Å²) in [5, 5.41) is 40.0. The Morgan fingerprint density at radius 1 is 1.09 bits per heavy atom. The van der Waals surface area contributed by atoms with Gasteiger partial charge in [-0.05, 0) is 55.7 Å². The average molecular weight is 609 g/mol. The van der Waals surface area contributed by atoms with Crippen LogP contribution in [0.2, 0.25) is 0 Å². The van der Waals surface area contributed by atoms with Crippen molar-refractivity contribution >= 4 is 11.6 Å². The third-order valence-electron chi connectivity index (χ3n) is 8.05. The summed E-state index contributed by atoms with van der Waals surface area (Å²) >= 11 is 0. The molecule has 43 heavy (non-hydrogen) atoms. The molecule has 232 valence electrons. The number of anilines is 1. The molecule has 2 aromatic carbocycles. The van der Waals surface area contributed by atoms with E-state index >= 15 is 0 Å². The summed E-state index contributed by atoms with van der Waals surface area (Å²) < 4.78 is 68.5. The van der Waals surface area contributed by atoms with Crippen LogP contribution in [0.15, 0.2) is 36.5 Å². The van der Waals surface area contributed by atoms with Crippen molar-refractivity contribution in [2.24, 2.45) is 0 Å². The van der Waals surface area contributed by atoms with Crippen LogP contribution in [-0.4, -0.2) is 86.5 Å². The van der Waals surface area contributed by atoms with E-state index in [0.29, 0.717) is 24.8 Å². The highest BCUT2D eigenvalue weighted by Gasteiger charge is 2.52. The molecule has 7 atom stereocenters. The van der Waals surface area contributed by atoms with Gasteiger partial charge in [0.2, 0.25) is 0 Å². The van der Waals surface area contributed by atoms with Gasteiger partial charge in [0.05, 0.1) is 24.9 Å². The Hall–Kier alpha value is -3.43. The summed E-state index contributed by atoms with van der Waals surface area (Å²) in [7, 11) is 1.27. The largest absolute Gasteiger partial charge is 0.394 e. The zero-order valence-electron chi connectivity index (χ0n) is 23.4. The third kappa shape index (κ3) is 6.02. The molecule has 1 saturated carbocycles. The number of methoxy groups -OCH3 is 1.